The maximum Gasteiger partial charge on any atom is 0.240 e. The van der Waals surface area contributed by atoms with Gasteiger partial charge in [-0.3, -0.25) is 4.68 Å². The summed E-state index contributed by atoms with van der Waals surface area (Å²) >= 11 is 0. The molecule has 2 rings (SSSR count). The van der Waals surface area contributed by atoms with Gasteiger partial charge in [-0.15, -0.1) is 0 Å². The number of nitrogens with zero attached hydrogens (tertiary/aromatic N) is 2. The van der Waals surface area contributed by atoms with Gasteiger partial charge in [0.1, 0.15) is 0 Å². The van der Waals surface area contributed by atoms with E-state index in [4.69, 9.17) is 0 Å². The first-order valence-corrected chi connectivity index (χ1v) is 8.22. The van der Waals surface area contributed by atoms with Crippen molar-refractivity contribution in [1.82, 2.24) is 19.8 Å². The van der Waals surface area contributed by atoms with E-state index in [1.165, 1.54) is 0 Å². The summed E-state index contributed by atoms with van der Waals surface area (Å²) in [4.78, 5) is 0.277. The molecule has 0 amide bonds. The summed E-state index contributed by atoms with van der Waals surface area (Å²) < 4.78 is 28.6. The van der Waals surface area contributed by atoms with Crippen molar-refractivity contribution in [2.45, 2.75) is 24.9 Å². The van der Waals surface area contributed by atoms with E-state index in [9.17, 15) is 8.42 Å². The van der Waals surface area contributed by atoms with Gasteiger partial charge in [0.05, 0.1) is 17.6 Å². The van der Waals surface area contributed by atoms with Gasteiger partial charge in [-0.25, -0.2) is 13.1 Å². The van der Waals surface area contributed by atoms with Gasteiger partial charge >= 0.3 is 0 Å². The number of sulfonamides is 1. The summed E-state index contributed by atoms with van der Waals surface area (Å²) in [6.07, 6.45) is 3.62. The number of aromatic nitrogens is 2. The molecule has 1 aromatic heterocycles. The normalized spacial score (nSPS) is 11.7. The SMILES string of the molecule is CNCc1ccc(S(=O)(=O)NCCn2cc(C)cn2)cc1. The van der Waals surface area contributed by atoms with Crippen molar-refractivity contribution in [1.29, 1.82) is 0 Å². The van der Waals surface area contributed by atoms with Gasteiger partial charge in [-0.05, 0) is 37.2 Å². The molecule has 2 aromatic rings. The molecule has 0 unspecified atom stereocenters. The molecule has 0 radical (unpaired) electrons. The van der Waals surface area contributed by atoms with Gasteiger partial charge in [-0.2, -0.15) is 5.10 Å². The van der Waals surface area contributed by atoms with Gasteiger partial charge in [-0.1, -0.05) is 12.1 Å². The first kappa shape index (κ1) is 15.7. The summed E-state index contributed by atoms with van der Waals surface area (Å²) in [6, 6.07) is 6.85. The molecule has 7 heteroatoms. The molecule has 0 atom stereocenters. The first-order valence-electron chi connectivity index (χ1n) is 6.73. The second-order valence-corrected chi connectivity index (χ2v) is 6.62. The third-order valence-electron chi connectivity index (χ3n) is 3.01. The predicted octanol–water partition coefficient (Wildman–Crippen LogP) is 0.889. The summed E-state index contributed by atoms with van der Waals surface area (Å²) in [5.74, 6) is 0. The Bertz CT molecular complexity index is 677. The molecule has 2 N–H and O–H groups in total. The largest absolute Gasteiger partial charge is 0.316 e. The van der Waals surface area contributed by atoms with E-state index in [-0.39, 0.29) is 4.90 Å². The molecule has 114 valence electrons. The van der Waals surface area contributed by atoms with Gasteiger partial charge in [0.2, 0.25) is 10.0 Å². The Morgan fingerprint density at radius 1 is 1.24 bits per heavy atom. The number of rotatable bonds is 7. The molecule has 1 aromatic carbocycles. The second kappa shape index (κ2) is 6.84. The molecule has 0 aliphatic rings. The Balaban J connectivity index is 1.94. The molecule has 0 aliphatic heterocycles. The lowest BCUT2D eigenvalue weighted by Gasteiger charge is -2.08. The van der Waals surface area contributed by atoms with Crippen LogP contribution >= 0.6 is 0 Å². The standard InChI is InChI=1S/C14H20N4O2S/c1-12-9-16-18(11-12)8-7-17-21(19,20)14-5-3-13(4-6-14)10-15-2/h3-6,9,11,15,17H,7-8,10H2,1-2H3. The lowest BCUT2D eigenvalue weighted by molar-refractivity contribution is 0.561. The van der Waals surface area contributed by atoms with Gasteiger partial charge in [0, 0.05) is 19.3 Å². The molecule has 1 heterocycles. The molecule has 0 spiro atoms. The fraction of sp³-hybridized carbons (Fsp3) is 0.357. The van der Waals surface area contributed by atoms with E-state index < -0.39 is 10.0 Å². The molecule has 0 fully saturated rings. The summed E-state index contributed by atoms with van der Waals surface area (Å²) in [5, 5.41) is 7.14. The van der Waals surface area contributed by atoms with Gasteiger partial charge in [0.15, 0.2) is 0 Å². The number of hydrogen-bond donors (Lipinski definition) is 2. The van der Waals surface area contributed by atoms with Crippen LogP contribution < -0.4 is 10.0 Å². The number of aryl methyl sites for hydroxylation is 1. The van der Waals surface area contributed by atoms with E-state index in [0.717, 1.165) is 11.1 Å². The van der Waals surface area contributed by atoms with Gasteiger partial charge < -0.3 is 5.32 Å². The van der Waals surface area contributed by atoms with Crippen LogP contribution in [0.1, 0.15) is 11.1 Å². The molecule has 0 saturated carbocycles. The molecule has 6 nitrogen and oxygen atoms in total. The number of nitrogens with one attached hydrogen (secondary N) is 2. The van der Waals surface area contributed by atoms with Crippen molar-refractivity contribution >= 4 is 10.0 Å². The van der Waals surface area contributed by atoms with Crippen LogP contribution in [0.15, 0.2) is 41.6 Å². The molecule has 21 heavy (non-hydrogen) atoms. The summed E-state index contributed by atoms with van der Waals surface area (Å²) in [5.41, 5.74) is 2.10. The third-order valence-corrected chi connectivity index (χ3v) is 4.49. The monoisotopic (exact) mass is 308 g/mol. The Hall–Kier alpha value is -1.70. The van der Waals surface area contributed by atoms with Crippen LogP contribution in [0.2, 0.25) is 0 Å². The average Bonchev–Trinajstić information content (AvgIpc) is 2.85. The zero-order chi connectivity index (χ0) is 15.3. The van der Waals surface area contributed by atoms with Crippen molar-refractivity contribution in [2.24, 2.45) is 0 Å². The zero-order valence-corrected chi connectivity index (χ0v) is 13.0. The first-order chi connectivity index (χ1) is 10.0. The van der Waals surface area contributed by atoms with Crippen LogP contribution in [-0.4, -0.2) is 31.8 Å². The third kappa shape index (κ3) is 4.38. The van der Waals surface area contributed by atoms with E-state index in [2.05, 4.69) is 15.1 Å². The zero-order valence-electron chi connectivity index (χ0n) is 12.2. The molecular weight excluding hydrogens is 288 g/mol. The van der Waals surface area contributed by atoms with E-state index >= 15 is 0 Å². The topological polar surface area (TPSA) is 76.0 Å². The molecule has 0 saturated heterocycles. The van der Waals surface area contributed by atoms with E-state index in [0.29, 0.717) is 19.6 Å². The van der Waals surface area contributed by atoms with Crippen LogP contribution in [-0.2, 0) is 23.1 Å². The molecule has 0 bridgehead atoms. The van der Waals surface area contributed by atoms with Crippen molar-refractivity contribution in [3.63, 3.8) is 0 Å². The van der Waals surface area contributed by atoms with Crippen LogP contribution in [0, 0.1) is 6.92 Å². The Labute approximate surface area is 125 Å². The minimum Gasteiger partial charge on any atom is -0.316 e. The van der Waals surface area contributed by atoms with Crippen LogP contribution in [0.5, 0.6) is 0 Å². The fourth-order valence-electron chi connectivity index (χ4n) is 1.96. The maximum atomic E-state index is 12.1. The minimum absolute atomic E-state index is 0.277. The average molecular weight is 308 g/mol. The Morgan fingerprint density at radius 3 is 2.52 bits per heavy atom. The molecular formula is C14H20N4O2S. The van der Waals surface area contributed by atoms with Gasteiger partial charge in [0.25, 0.3) is 0 Å². The lowest BCUT2D eigenvalue weighted by atomic mass is 10.2. The van der Waals surface area contributed by atoms with Crippen LogP contribution in [0.3, 0.4) is 0 Å². The molecule has 0 aliphatic carbocycles. The summed E-state index contributed by atoms with van der Waals surface area (Å²) in [6.45, 7) is 3.47. The van der Waals surface area contributed by atoms with Crippen LogP contribution in [0.25, 0.3) is 0 Å². The fourth-order valence-corrected chi connectivity index (χ4v) is 2.98. The Morgan fingerprint density at radius 2 is 1.95 bits per heavy atom. The highest BCUT2D eigenvalue weighted by atomic mass is 32.2. The highest BCUT2D eigenvalue weighted by molar-refractivity contribution is 7.89. The quantitative estimate of drug-likeness (QED) is 0.796. The van der Waals surface area contributed by atoms with Crippen LogP contribution in [0.4, 0.5) is 0 Å². The highest BCUT2D eigenvalue weighted by Crippen LogP contribution is 2.10. The summed E-state index contributed by atoms with van der Waals surface area (Å²) in [7, 11) is -1.62. The lowest BCUT2D eigenvalue weighted by Crippen LogP contribution is -2.27. The second-order valence-electron chi connectivity index (χ2n) is 4.85. The van der Waals surface area contributed by atoms with Crippen molar-refractivity contribution in [2.75, 3.05) is 13.6 Å². The predicted molar refractivity (Wildman–Crippen MR) is 81.4 cm³/mol. The Kier molecular flexibility index (Phi) is 5.11. The van der Waals surface area contributed by atoms with Crippen molar-refractivity contribution < 1.29 is 8.42 Å². The number of hydrogen-bond acceptors (Lipinski definition) is 4. The minimum atomic E-state index is -3.47. The maximum absolute atomic E-state index is 12.1. The highest BCUT2D eigenvalue weighted by Gasteiger charge is 2.13. The van der Waals surface area contributed by atoms with Crippen molar-refractivity contribution in [3.05, 3.63) is 47.8 Å². The van der Waals surface area contributed by atoms with Crippen molar-refractivity contribution in [3.8, 4) is 0 Å². The number of benzene rings is 1. The van der Waals surface area contributed by atoms with E-state index in [1.807, 2.05) is 32.3 Å². The van der Waals surface area contributed by atoms with E-state index in [1.54, 1.807) is 23.0 Å². The smallest absolute Gasteiger partial charge is 0.240 e.